The Labute approximate surface area is 138 Å². The van der Waals surface area contributed by atoms with Crippen LogP contribution in [0, 0.1) is 6.92 Å². The minimum atomic E-state index is -0.712. The van der Waals surface area contributed by atoms with Crippen molar-refractivity contribution in [2.45, 2.75) is 20.0 Å². The third kappa shape index (κ3) is 3.12. The monoisotopic (exact) mass is 324 g/mol. The van der Waals surface area contributed by atoms with Crippen molar-refractivity contribution < 1.29 is 19.1 Å². The van der Waals surface area contributed by atoms with Gasteiger partial charge in [0.1, 0.15) is 5.75 Å². The molecule has 6 nitrogen and oxygen atoms in total. The van der Waals surface area contributed by atoms with E-state index in [-0.39, 0.29) is 11.5 Å². The zero-order valence-corrected chi connectivity index (χ0v) is 13.3. The summed E-state index contributed by atoms with van der Waals surface area (Å²) in [7, 11) is 0. The predicted molar refractivity (Wildman–Crippen MR) is 88.1 cm³/mol. The first-order chi connectivity index (χ1) is 11.4. The fourth-order valence-corrected chi connectivity index (χ4v) is 2.36. The van der Waals surface area contributed by atoms with E-state index >= 15 is 0 Å². The van der Waals surface area contributed by atoms with E-state index in [2.05, 4.69) is 10.6 Å². The highest BCUT2D eigenvalue weighted by atomic mass is 16.5. The van der Waals surface area contributed by atoms with Crippen molar-refractivity contribution in [3.63, 3.8) is 0 Å². The molecule has 2 N–H and O–H groups in total. The molecule has 24 heavy (non-hydrogen) atoms. The number of nitrogens with one attached hydrogen (secondary N) is 2. The number of hydrogen-bond donors (Lipinski definition) is 2. The van der Waals surface area contributed by atoms with E-state index in [1.54, 1.807) is 25.1 Å². The molecule has 0 saturated heterocycles. The van der Waals surface area contributed by atoms with Crippen molar-refractivity contribution in [2.75, 3.05) is 5.32 Å². The molecular formula is C18H16N2O4. The Bertz CT molecular complexity index is 827. The molecule has 0 spiro atoms. The van der Waals surface area contributed by atoms with Crippen LogP contribution in [-0.4, -0.2) is 23.8 Å². The average molecular weight is 324 g/mol. The molecule has 1 atom stereocenters. The average Bonchev–Trinajstić information content (AvgIpc) is 2.84. The lowest BCUT2D eigenvalue weighted by Gasteiger charge is -2.15. The van der Waals surface area contributed by atoms with Crippen LogP contribution in [0.2, 0.25) is 0 Å². The first-order valence-corrected chi connectivity index (χ1v) is 7.48. The molecular weight excluding hydrogens is 308 g/mol. The number of carbonyl (C=O) groups is 3. The van der Waals surface area contributed by atoms with E-state index in [4.69, 9.17) is 4.74 Å². The molecule has 2 aromatic carbocycles. The second-order valence-corrected chi connectivity index (χ2v) is 5.61. The molecule has 0 fully saturated rings. The van der Waals surface area contributed by atoms with Crippen molar-refractivity contribution in [2.24, 2.45) is 0 Å². The lowest BCUT2D eigenvalue weighted by atomic mass is 10.1. The van der Waals surface area contributed by atoms with Crippen molar-refractivity contribution in [1.82, 2.24) is 5.32 Å². The number of ether oxygens (including phenoxy) is 1. The second-order valence-electron chi connectivity index (χ2n) is 5.61. The third-order valence-corrected chi connectivity index (χ3v) is 3.71. The van der Waals surface area contributed by atoms with Crippen molar-refractivity contribution >= 4 is 23.4 Å². The minimum absolute atomic E-state index is 0.255. The van der Waals surface area contributed by atoms with Gasteiger partial charge in [-0.25, -0.2) is 0 Å². The minimum Gasteiger partial charge on any atom is -0.481 e. The van der Waals surface area contributed by atoms with Crippen molar-refractivity contribution in [1.29, 1.82) is 0 Å². The molecule has 1 heterocycles. The van der Waals surface area contributed by atoms with Crippen LogP contribution < -0.4 is 15.4 Å². The molecule has 1 unspecified atom stereocenters. The van der Waals surface area contributed by atoms with Gasteiger partial charge in [0, 0.05) is 5.69 Å². The van der Waals surface area contributed by atoms with E-state index in [0.29, 0.717) is 17.0 Å². The number of rotatable bonds is 4. The molecule has 0 radical (unpaired) electrons. The van der Waals surface area contributed by atoms with Gasteiger partial charge in [-0.3, -0.25) is 19.7 Å². The van der Waals surface area contributed by atoms with Gasteiger partial charge in [-0.1, -0.05) is 17.7 Å². The predicted octanol–water partition coefficient (Wildman–Crippen LogP) is 2.28. The summed E-state index contributed by atoms with van der Waals surface area (Å²) >= 11 is 0. The number of fused-ring (bicyclic) bond motifs is 1. The summed E-state index contributed by atoms with van der Waals surface area (Å²) < 4.78 is 5.59. The zero-order chi connectivity index (χ0) is 17.3. The quantitative estimate of drug-likeness (QED) is 0.845. The molecule has 0 aromatic heterocycles. The topological polar surface area (TPSA) is 84.5 Å². The summed E-state index contributed by atoms with van der Waals surface area (Å²) in [6, 6.07) is 12.0. The molecule has 0 saturated carbocycles. The smallest absolute Gasteiger partial charge is 0.265 e. The SMILES string of the molecule is Cc1ccc(OC(C)C(=O)Nc2ccc3c(c2)C(=O)NC3=O)cc1. The fourth-order valence-electron chi connectivity index (χ4n) is 2.36. The second kappa shape index (κ2) is 6.16. The van der Waals surface area contributed by atoms with Gasteiger partial charge in [0.05, 0.1) is 11.1 Å². The van der Waals surface area contributed by atoms with Crippen LogP contribution in [0.1, 0.15) is 33.2 Å². The highest BCUT2D eigenvalue weighted by Gasteiger charge is 2.27. The Morgan fingerprint density at radius 1 is 1.04 bits per heavy atom. The Morgan fingerprint density at radius 3 is 2.42 bits per heavy atom. The third-order valence-electron chi connectivity index (χ3n) is 3.71. The van der Waals surface area contributed by atoms with E-state index < -0.39 is 17.9 Å². The number of aryl methyl sites for hydroxylation is 1. The molecule has 3 amide bonds. The molecule has 0 aliphatic carbocycles. The summed E-state index contributed by atoms with van der Waals surface area (Å²) in [4.78, 5) is 35.4. The van der Waals surface area contributed by atoms with Gasteiger partial charge in [0.15, 0.2) is 6.10 Å². The highest BCUT2D eigenvalue weighted by Crippen LogP contribution is 2.21. The fraction of sp³-hybridized carbons (Fsp3) is 0.167. The van der Waals surface area contributed by atoms with E-state index in [1.807, 2.05) is 19.1 Å². The van der Waals surface area contributed by atoms with Gasteiger partial charge in [-0.2, -0.15) is 0 Å². The van der Waals surface area contributed by atoms with Crippen LogP contribution >= 0.6 is 0 Å². The molecule has 2 aromatic rings. The highest BCUT2D eigenvalue weighted by molar-refractivity contribution is 6.22. The first kappa shape index (κ1) is 15.7. The summed E-state index contributed by atoms with van der Waals surface area (Å²) in [6.07, 6.45) is -0.712. The maximum absolute atomic E-state index is 12.2. The summed E-state index contributed by atoms with van der Waals surface area (Å²) in [5, 5.41) is 4.89. The number of carbonyl (C=O) groups excluding carboxylic acids is 3. The molecule has 122 valence electrons. The normalized spacial score (nSPS) is 13.9. The van der Waals surface area contributed by atoms with Crippen molar-refractivity contribution in [3.8, 4) is 5.75 Å². The zero-order valence-electron chi connectivity index (χ0n) is 13.3. The van der Waals surface area contributed by atoms with Gasteiger partial charge >= 0.3 is 0 Å². The van der Waals surface area contributed by atoms with E-state index in [1.165, 1.54) is 12.1 Å². The maximum Gasteiger partial charge on any atom is 0.265 e. The van der Waals surface area contributed by atoms with Gasteiger partial charge < -0.3 is 10.1 Å². The van der Waals surface area contributed by atoms with Crippen molar-refractivity contribution in [3.05, 3.63) is 59.2 Å². The van der Waals surface area contributed by atoms with E-state index in [0.717, 1.165) is 5.56 Å². The lowest BCUT2D eigenvalue weighted by Crippen LogP contribution is -2.30. The molecule has 3 rings (SSSR count). The van der Waals surface area contributed by atoms with Crippen LogP contribution in [-0.2, 0) is 4.79 Å². The largest absolute Gasteiger partial charge is 0.481 e. The first-order valence-electron chi connectivity index (χ1n) is 7.48. The maximum atomic E-state index is 12.2. The lowest BCUT2D eigenvalue weighted by molar-refractivity contribution is -0.122. The number of imide groups is 1. The number of benzene rings is 2. The Morgan fingerprint density at radius 2 is 1.71 bits per heavy atom. The summed E-state index contributed by atoms with van der Waals surface area (Å²) in [5.74, 6) is -0.638. The summed E-state index contributed by atoms with van der Waals surface area (Å²) in [6.45, 7) is 3.60. The number of hydrogen-bond acceptors (Lipinski definition) is 4. The van der Waals surface area contributed by atoms with Crippen LogP contribution in [0.4, 0.5) is 5.69 Å². The van der Waals surface area contributed by atoms with Gasteiger partial charge in [-0.05, 0) is 44.2 Å². The van der Waals surface area contributed by atoms with Crippen LogP contribution in [0.25, 0.3) is 0 Å². The summed E-state index contributed by atoms with van der Waals surface area (Å²) in [5.41, 5.74) is 2.10. The van der Waals surface area contributed by atoms with E-state index in [9.17, 15) is 14.4 Å². The van der Waals surface area contributed by atoms with Crippen LogP contribution in [0.15, 0.2) is 42.5 Å². The Kier molecular flexibility index (Phi) is 4.04. The van der Waals surface area contributed by atoms with Gasteiger partial charge in [0.2, 0.25) is 0 Å². The van der Waals surface area contributed by atoms with Gasteiger partial charge in [0.25, 0.3) is 17.7 Å². The number of amides is 3. The van der Waals surface area contributed by atoms with Crippen LogP contribution in [0.5, 0.6) is 5.75 Å². The number of anilines is 1. The molecule has 6 heteroatoms. The molecule has 1 aliphatic rings. The molecule has 1 aliphatic heterocycles. The van der Waals surface area contributed by atoms with Gasteiger partial charge in [-0.15, -0.1) is 0 Å². The molecule has 0 bridgehead atoms. The standard InChI is InChI=1S/C18H16N2O4/c1-10-3-6-13(7-4-10)24-11(2)16(21)19-12-5-8-14-15(9-12)18(23)20-17(14)22/h3-9,11H,1-2H3,(H,19,21)(H,20,22,23). The Hall–Kier alpha value is -3.15. The van der Waals surface area contributed by atoms with Crippen LogP contribution in [0.3, 0.4) is 0 Å². The Balaban J connectivity index is 1.68.